The van der Waals surface area contributed by atoms with Gasteiger partial charge in [0, 0.05) is 24.8 Å². The molecule has 1 aliphatic rings. The summed E-state index contributed by atoms with van der Waals surface area (Å²) < 4.78 is 0. The van der Waals surface area contributed by atoms with E-state index in [-0.39, 0.29) is 5.91 Å². The lowest BCUT2D eigenvalue weighted by molar-refractivity contribution is 0.0998. The number of amides is 1. The second-order valence-electron chi connectivity index (χ2n) is 6.16. The minimum atomic E-state index is -0.344. The molecule has 2 aromatic rings. The van der Waals surface area contributed by atoms with E-state index in [1.165, 1.54) is 0 Å². The van der Waals surface area contributed by atoms with E-state index in [9.17, 15) is 4.79 Å². The first-order chi connectivity index (χ1) is 11.7. The lowest BCUT2D eigenvalue weighted by atomic mass is 9.80. The fourth-order valence-corrected chi connectivity index (χ4v) is 3.38. The smallest absolute Gasteiger partial charge is 0.248 e. The Hall–Kier alpha value is -2.63. The summed E-state index contributed by atoms with van der Waals surface area (Å²) in [7, 11) is 1.84. The van der Waals surface area contributed by atoms with E-state index in [0.29, 0.717) is 23.5 Å². The largest absolute Gasteiger partial charge is 0.373 e. The predicted octanol–water partition coefficient (Wildman–Crippen LogP) is 2.76. The molecule has 1 aliphatic carbocycles. The van der Waals surface area contributed by atoms with Crippen molar-refractivity contribution in [2.24, 2.45) is 5.73 Å². The topological polar surface area (TPSA) is 92.9 Å². The van der Waals surface area contributed by atoms with Gasteiger partial charge in [-0.1, -0.05) is 18.2 Å². The Labute approximate surface area is 141 Å². The summed E-state index contributed by atoms with van der Waals surface area (Å²) in [5.74, 6) is 1.50. The second kappa shape index (κ2) is 7.29. The van der Waals surface area contributed by atoms with Crippen molar-refractivity contribution in [1.29, 1.82) is 0 Å². The number of benzene rings is 1. The van der Waals surface area contributed by atoms with Crippen LogP contribution >= 0.6 is 0 Å². The van der Waals surface area contributed by atoms with Crippen molar-refractivity contribution in [3.8, 4) is 0 Å². The highest BCUT2D eigenvalue weighted by Gasteiger charge is 2.25. The number of hydrogen-bond donors (Lipinski definition) is 3. The molecule has 24 heavy (non-hydrogen) atoms. The van der Waals surface area contributed by atoms with Crippen LogP contribution in [0.5, 0.6) is 0 Å². The first kappa shape index (κ1) is 16.2. The van der Waals surface area contributed by atoms with Gasteiger partial charge in [-0.15, -0.1) is 0 Å². The van der Waals surface area contributed by atoms with Gasteiger partial charge >= 0.3 is 0 Å². The van der Waals surface area contributed by atoms with Crippen LogP contribution < -0.4 is 16.4 Å². The third kappa shape index (κ3) is 3.64. The van der Waals surface area contributed by atoms with Crippen molar-refractivity contribution in [2.75, 3.05) is 17.7 Å². The molecule has 3 rings (SSSR count). The predicted molar refractivity (Wildman–Crippen MR) is 95.2 cm³/mol. The minimum Gasteiger partial charge on any atom is -0.373 e. The van der Waals surface area contributed by atoms with Gasteiger partial charge in [0.1, 0.15) is 5.82 Å². The summed E-state index contributed by atoms with van der Waals surface area (Å²) in [5, 5.41) is 6.43. The van der Waals surface area contributed by atoms with Crippen molar-refractivity contribution in [2.45, 2.75) is 37.6 Å². The van der Waals surface area contributed by atoms with Crippen LogP contribution in [0.25, 0.3) is 0 Å². The molecule has 6 heteroatoms. The molecule has 1 aromatic heterocycles. The number of hydrogen-bond acceptors (Lipinski definition) is 5. The molecule has 0 unspecified atom stereocenters. The third-order valence-electron chi connectivity index (χ3n) is 4.64. The number of anilines is 2. The van der Waals surface area contributed by atoms with E-state index in [1.807, 2.05) is 37.4 Å². The van der Waals surface area contributed by atoms with Crippen LogP contribution in [0.3, 0.4) is 0 Å². The van der Waals surface area contributed by atoms with Crippen molar-refractivity contribution in [3.05, 3.63) is 47.7 Å². The van der Waals surface area contributed by atoms with Crippen LogP contribution in [-0.4, -0.2) is 29.0 Å². The molecule has 1 fully saturated rings. The van der Waals surface area contributed by atoms with Gasteiger partial charge in [0.2, 0.25) is 11.9 Å². The third-order valence-corrected chi connectivity index (χ3v) is 4.64. The summed E-state index contributed by atoms with van der Waals surface area (Å²) in [5.41, 5.74) is 7.24. The maximum absolute atomic E-state index is 11.6. The van der Waals surface area contributed by atoms with Crippen LogP contribution in [-0.2, 0) is 0 Å². The molecule has 1 aromatic carbocycles. The molecular formula is C18H23N5O. The van der Waals surface area contributed by atoms with Crippen molar-refractivity contribution in [1.82, 2.24) is 9.97 Å². The van der Waals surface area contributed by atoms with E-state index in [0.717, 1.165) is 37.1 Å². The molecule has 126 valence electrons. The maximum Gasteiger partial charge on any atom is 0.248 e. The number of primary amides is 1. The van der Waals surface area contributed by atoms with Crippen LogP contribution in [0.15, 0.2) is 36.5 Å². The fourth-order valence-electron chi connectivity index (χ4n) is 3.38. The highest BCUT2D eigenvalue weighted by atomic mass is 16.1. The first-order valence-electron chi connectivity index (χ1n) is 8.33. The van der Waals surface area contributed by atoms with Crippen LogP contribution in [0.4, 0.5) is 11.8 Å². The first-order valence-corrected chi connectivity index (χ1v) is 8.33. The van der Waals surface area contributed by atoms with Gasteiger partial charge in [-0.2, -0.15) is 4.98 Å². The van der Waals surface area contributed by atoms with E-state index in [4.69, 9.17) is 5.73 Å². The van der Waals surface area contributed by atoms with Crippen molar-refractivity contribution >= 4 is 17.7 Å². The molecule has 0 radical (unpaired) electrons. The highest BCUT2D eigenvalue weighted by Crippen LogP contribution is 2.35. The molecular weight excluding hydrogens is 302 g/mol. The molecule has 0 bridgehead atoms. The Morgan fingerprint density at radius 3 is 2.62 bits per heavy atom. The number of nitrogens with two attached hydrogens (primary N) is 1. The lowest BCUT2D eigenvalue weighted by Gasteiger charge is -2.30. The van der Waals surface area contributed by atoms with E-state index < -0.39 is 0 Å². The van der Waals surface area contributed by atoms with Gasteiger partial charge in [-0.05, 0) is 49.3 Å². The maximum atomic E-state index is 11.6. The fraction of sp³-hybridized carbons (Fsp3) is 0.389. The molecule has 0 spiro atoms. The molecule has 4 N–H and O–H groups in total. The monoisotopic (exact) mass is 325 g/mol. The average molecular weight is 325 g/mol. The molecule has 0 saturated heterocycles. The number of nitrogens with one attached hydrogen (secondary N) is 2. The Morgan fingerprint density at radius 2 is 1.92 bits per heavy atom. The quantitative estimate of drug-likeness (QED) is 0.786. The molecule has 0 aliphatic heterocycles. The van der Waals surface area contributed by atoms with E-state index in [2.05, 4.69) is 20.6 Å². The van der Waals surface area contributed by atoms with Gasteiger partial charge in [0.05, 0.1) is 0 Å². The minimum absolute atomic E-state index is 0.344. The van der Waals surface area contributed by atoms with Gasteiger partial charge in [0.15, 0.2) is 0 Å². The van der Waals surface area contributed by atoms with Gasteiger partial charge in [-0.3, -0.25) is 4.79 Å². The summed E-state index contributed by atoms with van der Waals surface area (Å²) >= 11 is 0. The normalized spacial score (nSPS) is 20.4. The highest BCUT2D eigenvalue weighted by molar-refractivity contribution is 5.94. The molecule has 6 nitrogen and oxygen atoms in total. The summed E-state index contributed by atoms with van der Waals surface area (Å²) in [6.07, 6.45) is 5.83. The molecule has 1 heterocycles. The zero-order valence-corrected chi connectivity index (χ0v) is 13.8. The lowest BCUT2D eigenvalue weighted by Crippen LogP contribution is -2.27. The molecule has 1 saturated carbocycles. The second-order valence-corrected chi connectivity index (χ2v) is 6.16. The Kier molecular flexibility index (Phi) is 4.93. The number of carbonyl (C=O) groups excluding carboxylic acids is 1. The SMILES string of the molecule is CNc1ccnc(NC2CCC(c3ccccc3C(N)=O)CC2)n1. The number of carbonyl (C=O) groups is 1. The van der Waals surface area contributed by atoms with Crippen LogP contribution in [0, 0.1) is 0 Å². The van der Waals surface area contributed by atoms with Crippen LogP contribution in [0.1, 0.15) is 47.5 Å². The molecule has 1 amide bonds. The average Bonchev–Trinajstić information content (AvgIpc) is 2.62. The Bertz CT molecular complexity index is 710. The Morgan fingerprint density at radius 1 is 1.17 bits per heavy atom. The van der Waals surface area contributed by atoms with Gasteiger partial charge < -0.3 is 16.4 Å². The number of aromatic nitrogens is 2. The van der Waals surface area contributed by atoms with Gasteiger partial charge in [-0.25, -0.2) is 4.98 Å². The number of nitrogens with zero attached hydrogens (tertiary/aromatic N) is 2. The zero-order valence-electron chi connectivity index (χ0n) is 13.8. The standard InChI is InChI=1S/C18H23N5O/c1-20-16-10-11-21-18(23-16)22-13-8-6-12(7-9-13)14-4-2-3-5-15(14)17(19)24/h2-5,10-13H,6-9H2,1H3,(H2,19,24)(H2,20,21,22,23). The molecule has 0 atom stereocenters. The summed E-state index contributed by atoms with van der Waals surface area (Å²) in [4.78, 5) is 20.3. The zero-order chi connectivity index (χ0) is 16.9. The number of rotatable bonds is 5. The van der Waals surface area contributed by atoms with E-state index >= 15 is 0 Å². The van der Waals surface area contributed by atoms with Crippen LogP contribution in [0.2, 0.25) is 0 Å². The Balaban J connectivity index is 1.63. The summed E-state index contributed by atoms with van der Waals surface area (Å²) in [6.45, 7) is 0. The van der Waals surface area contributed by atoms with Crippen molar-refractivity contribution < 1.29 is 4.79 Å². The van der Waals surface area contributed by atoms with Crippen molar-refractivity contribution in [3.63, 3.8) is 0 Å². The summed E-state index contributed by atoms with van der Waals surface area (Å²) in [6, 6.07) is 9.88. The van der Waals surface area contributed by atoms with Gasteiger partial charge in [0.25, 0.3) is 0 Å². The van der Waals surface area contributed by atoms with E-state index in [1.54, 1.807) is 6.20 Å².